The number of hydrogen-bond donors (Lipinski definition) is 0. The van der Waals surface area contributed by atoms with Gasteiger partial charge in [-0.25, -0.2) is 0 Å². The Labute approximate surface area is 169 Å². The van der Waals surface area contributed by atoms with Crippen molar-refractivity contribution in [1.29, 1.82) is 0 Å². The van der Waals surface area contributed by atoms with Gasteiger partial charge in [0.2, 0.25) is 0 Å². The molecule has 29 heavy (non-hydrogen) atoms. The molecule has 0 spiro atoms. The number of carbonyl (C=O) groups is 4. The quantitative estimate of drug-likeness (QED) is 0.708. The van der Waals surface area contributed by atoms with Crippen LogP contribution >= 0.6 is 0 Å². The summed E-state index contributed by atoms with van der Waals surface area (Å²) in [5.74, 6) is -0.534. The SMILES string of the molecule is O=C(OCC(=O)N1CCN(C(=O)c2ccco2)CC1)C1C[C@H]2CCC[C@@H](C1)C2=O. The van der Waals surface area contributed by atoms with Crippen LogP contribution in [0.2, 0.25) is 0 Å². The molecule has 1 aromatic rings. The van der Waals surface area contributed by atoms with Gasteiger partial charge in [0.1, 0.15) is 5.78 Å². The normalized spacial score (nSPS) is 26.9. The molecule has 8 nitrogen and oxygen atoms in total. The standard InChI is InChI=1S/C21H26N2O6/c24-18(22-6-8-23(9-7-22)20(26)17-5-2-10-28-17)13-29-21(27)16-11-14-3-1-4-15(12-16)19(14)25/h2,5,10,14-16H,1,3-4,6-9,11-13H2/t14-,15+,16?. The second kappa shape index (κ2) is 8.39. The van der Waals surface area contributed by atoms with Gasteiger partial charge in [0.25, 0.3) is 11.8 Å². The van der Waals surface area contributed by atoms with E-state index in [9.17, 15) is 19.2 Å². The van der Waals surface area contributed by atoms with E-state index in [1.165, 1.54) is 6.26 Å². The van der Waals surface area contributed by atoms with Crippen molar-refractivity contribution in [2.45, 2.75) is 32.1 Å². The number of nitrogens with zero attached hydrogens (tertiary/aromatic N) is 2. The molecule has 0 radical (unpaired) electrons. The third-order valence-corrected chi connectivity index (χ3v) is 6.37. The molecule has 3 aliphatic rings. The molecule has 2 amide bonds. The van der Waals surface area contributed by atoms with Crippen molar-refractivity contribution in [1.82, 2.24) is 9.80 Å². The molecule has 2 saturated carbocycles. The van der Waals surface area contributed by atoms with Crippen molar-refractivity contribution in [3.05, 3.63) is 24.2 Å². The van der Waals surface area contributed by atoms with E-state index in [1.54, 1.807) is 21.9 Å². The van der Waals surface area contributed by atoms with Crippen LogP contribution in [0, 0.1) is 17.8 Å². The fourth-order valence-corrected chi connectivity index (χ4v) is 4.73. The zero-order chi connectivity index (χ0) is 20.4. The minimum atomic E-state index is -0.366. The summed E-state index contributed by atoms with van der Waals surface area (Å²) in [6.07, 6.45) is 5.33. The van der Waals surface area contributed by atoms with E-state index < -0.39 is 0 Å². The first-order valence-electron chi connectivity index (χ1n) is 10.3. The average Bonchev–Trinajstić information content (AvgIpc) is 3.26. The Balaban J connectivity index is 1.22. The van der Waals surface area contributed by atoms with Gasteiger partial charge in [-0.05, 0) is 37.8 Å². The van der Waals surface area contributed by atoms with E-state index in [2.05, 4.69) is 0 Å². The molecule has 2 aliphatic carbocycles. The number of hydrogen-bond acceptors (Lipinski definition) is 6. The van der Waals surface area contributed by atoms with Gasteiger partial charge in [-0.1, -0.05) is 6.42 Å². The van der Waals surface area contributed by atoms with Crippen molar-refractivity contribution >= 4 is 23.6 Å². The number of ketones is 1. The van der Waals surface area contributed by atoms with Crippen molar-refractivity contribution in [3.8, 4) is 0 Å². The summed E-state index contributed by atoms with van der Waals surface area (Å²) in [4.78, 5) is 52.5. The first kappa shape index (κ1) is 19.7. The van der Waals surface area contributed by atoms with Crippen LogP contribution in [0.5, 0.6) is 0 Å². The lowest BCUT2D eigenvalue weighted by Crippen LogP contribution is -2.51. The maximum Gasteiger partial charge on any atom is 0.309 e. The number of amides is 2. The Morgan fingerprint density at radius 1 is 1.03 bits per heavy atom. The highest BCUT2D eigenvalue weighted by Crippen LogP contribution is 2.40. The summed E-state index contributed by atoms with van der Waals surface area (Å²) in [6.45, 7) is 1.32. The van der Waals surface area contributed by atoms with Gasteiger partial charge in [-0.15, -0.1) is 0 Å². The van der Waals surface area contributed by atoms with Gasteiger partial charge in [-0.3, -0.25) is 19.2 Å². The number of furan rings is 1. The molecular formula is C21H26N2O6. The summed E-state index contributed by atoms with van der Waals surface area (Å²) in [5.41, 5.74) is 0. The second-order valence-corrected chi connectivity index (χ2v) is 8.15. The summed E-state index contributed by atoms with van der Waals surface area (Å²) < 4.78 is 10.4. The molecule has 4 rings (SSSR count). The number of rotatable bonds is 4. The molecule has 0 aromatic carbocycles. The van der Waals surface area contributed by atoms with Crippen molar-refractivity contribution in [2.24, 2.45) is 17.8 Å². The third kappa shape index (κ3) is 4.21. The molecule has 2 bridgehead atoms. The van der Waals surface area contributed by atoms with Crippen LogP contribution in [0.15, 0.2) is 22.8 Å². The number of piperazine rings is 1. The van der Waals surface area contributed by atoms with Gasteiger partial charge in [0.05, 0.1) is 12.2 Å². The molecular weight excluding hydrogens is 376 g/mol. The third-order valence-electron chi connectivity index (χ3n) is 6.37. The predicted molar refractivity (Wildman–Crippen MR) is 101 cm³/mol. The lowest BCUT2D eigenvalue weighted by Gasteiger charge is -2.36. The Bertz CT molecular complexity index is 765. The zero-order valence-corrected chi connectivity index (χ0v) is 16.4. The number of carbonyl (C=O) groups excluding carboxylic acids is 4. The predicted octanol–water partition coefficient (Wildman–Crippen LogP) is 1.50. The Hall–Kier alpha value is -2.64. The Morgan fingerprint density at radius 3 is 2.31 bits per heavy atom. The Kier molecular flexibility index (Phi) is 5.69. The van der Waals surface area contributed by atoms with Gasteiger partial charge in [0.15, 0.2) is 12.4 Å². The van der Waals surface area contributed by atoms with Crippen LogP contribution in [0.1, 0.15) is 42.7 Å². The van der Waals surface area contributed by atoms with Gasteiger partial charge >= 0.3 is 5.97 Å². The lowest BCUT2D eigenvalue weighted by atomic mass is 9.67. The molecule has 2 heterocycles. The van der Waals surface area contributed by atoms with E-state index in [0.717, 1.165) is 19.3 Å². The molecule has 1 unspecified atom stereocenters. The molecule has 0 N–H and O–H groups in total. The highest BCUT2D eigenvalue weighted by Gasteiger charge is 2.42. The first-order chi connectivity index (χ1) is 14.0. The van der Waals surface area contributed by atoms with Crippen LogP contribution in [-0.4, -0.2) is 66.2 Å². The van der Waals surface area contributed by atoms with Crippen molar-refractivity contribution in [2.75, 3.05) is 32.8 Å². The summed E-state index contributed by atoms with van der Waals surface area (Å²) >= 11 is 0. The van der Waals surface area contributed by atoms with E-state index >= 15 is 0 Å². The molecule has 3 fully saturated rings. The number of ether oxygens (including phenoxy) is 1. The molecule has 1 aliphatic heterocycles. The molecule has 156 valence electrons. The van der Waals surface area contributed by atoms with Gasteiger partial charge in [-0.2, -0.15) is 0 Å². The van der Waals surface area contributed by atoms with Crippen LogP contribution in [-0.2, 0) is 19.1 Å². The maximum atomic E-state index is 12.4. The average molecular weight is 402 g/mol. The smallest absolute Gasteiger partial charge is 0.309 e. The first-order valence-corrected chi connectivity index (χ1v) is 10.3. The summed E-state index contributed by atoms with van der Waals surface area (Å²) in [5, 5.41) is 0. The highest BCUT2D eigenvalue weighted by molar-refractivity contribution is 5.91. The van der Waals surface area contributed by atoms with E-state index in [4.69, 9.17) is 9.15 Å². The number of fused-ring (bicyclic) bond motifs is 2. The fourth-order valence-electron chi connectivity index (χ4n) is 4.73. The van der Waals surface area contributed by atoms with Crippen LogP contribution in [0.25, 0.3) is 0 Å². The number of esters is 1. The highest BCUT2D eigenvalue weighted by atomic mass is 16.5. The second-order valence-electron chi connectivity index (χ2n) is 8.15. The minimum Gasteiger partial charge on any atom is -0.459 e. The van der Waals surface area contributed by atoms with Crippen LogP contribution < -0.4 is 0 Å². The fraction of sp³-hybridized carbons (Fsp3) is 0.619. The van der Waals surface area contributed by atoms with Crippen LogP contribution in [0.3, 0.4) is 0 Å². The van der Waals surface area contributed by atoms with E-state index in [1.807, 2.05) is 0 Å². The van der Waals surface area contributed by atoms with Gasteiger partial charge < -0.3 is 19.0 Å². The number of Topliss-reactive ketones (excluding diaryl/α,β-unsaturated/α-hetero) is 1. The maximum absolute atomic E-state index is 12.4. The van der Waals surface area contributed by atoms with E-state index in [0.29, 0.717) is 44.8 Å². The Morgan fingerprint density at radius 2 is 1.69 bits per heavy atom. The largest absolute Gasteiger partial charge is 0.459 e. The van der Waals surface area contributed by atoms with E-state index in [-0.39, 0.29) is 47.9 Å². The topological polar surface area (TPSA) is 97.1 Å². The molecule has 3 atom stereocenters. The zero-order valence-electron chi connectivity index (χ0n) is 16.4. The monoisotopic (exact) mass is 402 g/mol. The summed E-state index contributed by atoms with van der Waals surface area (Å²) in [7, 11) is 0. The van der Waals surface area contributed by atoms with Gasteiger partial charge in [0, 0.05) is 38.0 Å². The molecule has 8 heteroatoms. The molecule has 1 saturated heterocycles. The van der Waals surface area contributed by atoms with Crippen molar-refractivity contribution in [3.63, 3.8) is 0 Å². The summed E-state index contributed by atoms with van der Waals surface area (Å²) in [6, 6.07) is 3.28. The van der Waals surface area contributed by atoms with Crippen molar-refractivity contribution < 1.29 is 28.3 Å². The molecule has 1 aromatic heterocycles. The lowest BCUT2D eigenvalue weighted by molar-refractivity contribution is -0.159. The van der Waals surface area contributed by atoms with Crippen LogP contribution in [0.4, 0.5) is 0 Å². The minimum absolute atomic E-state index is 0.0180.